The van der Waals surface area contributed by atoms with Gasteiger partial charge in [0.05, 0.1) is 6.61 Å². The molecule has 1 aliphatic heterocycles. The predicted octanol–water partition coefficient (Wildman–Crippen LogP) is 1.87. The molecule has 70 valence electrons. The van der Waals surface area contributed by atoms with Crippen molar-refractivity contribution < 1.29 is 4.74 Å². The van der Waals surface area contributed by atoms with Crippen molar-refractivity contribution in [1.29, 1.82) is 0 Å². The molecule has 0 saturated carbocycles. The van der Waals surface area contributed by atoms with E-state index in [1.807, 2.05) is 0 Å². The second-order valence-corrected chi connectivity index (χ2v) is 3.59. The molecule has 0 amide bonds. The zero-order valence-electron chi connectivity index (χ0n) is 8.16. The lowest BCUT2D eigenvalue weighted by atomic mass is 10.0. The maximum atomic E-state index is 5.20. The Kier molecular flexibility index (Phi) is 2.23. The van der Waals surface area contributed by atoms with Crippen LogP contribution >= 0.6 is 0 Å². The minimum Gasteiger partial charge on any atom is -0.384 e. The number of likely N-dealkylation sites (N-methyl/N-ethyl adjacent to an activating group) is 1. The molecule has 2 heteroatoms. The molecule has 0 aromatic heterocycles. The number of para-hydroxylation sites is 1. The van der Waals surface area contributed by atoms with Gasteiger partial charge < -0.3 is 9.64 Å². The molecular weight excluding hydrogens is 162 g/mol. The zero-order chi connectivity index (χ0) is 9.26. The Balaban J connectivity index is 2.30. The van der Waals surface area contributed by atoms with E-state index in [9.17, 15) is 0 Å². The van der Waals surface area contributed by atoms with Gasteiger partial charge in [0.25, 0.3) is 0 Å². The highest BCUT2D eigenvalue weighted by Crippen LogP contribution is 2.34. The summed E-state index contributed by atoms with van der Waals surface area (Å²) in [5.74, 6) is 0.547. The third-order valence-corrected chi connectivity index (χ3v) is 2.65. The highest BCUT2D eigenvalue weighted by atomic mass is 16.5. The molecule has 0 saturated heterocycles. The van der Waals surface area contributed by atoms with Crippen molar-refractivity contribution >= 4 is 5.69 Å². The molecule has 13 heavy (non-hydrogen) atoms. The highest BCUT2D eigenvalue weighted by Gasteiger charge is 2.25. The zero-order valence-corrected chi connectivity index (χ0v) is 8.16. The molecule has 0 bridgehead atoms. The second kappa shape index (κ2) is 3.38. The molecule has 0 N–H and O–H groups in total. The molecule has 1 aromatic rings. The molecule has 2 nitrogen and oxygen atoms in total. The predicted molar refractivity (Wildman–Crippen MR) is 54.3 cm³/mol. The lowest BCUT2D eigenvalue weighted by Gasteiger charge is -2.11. The molecule has 0 unspecified atom stereocenters. The molecule has 1 heterocycles. The number of fused-ring (bicyclic) bond motifs is 1. The minimum atomic E-state index is 0.547. The third kappa shape index (κ3) is 1.42. The normalized spacial score (nSPS) is 20.5. The minimum absolute atomic E-state index is 0.547. The van der Waals surface area contributed by atoms with Crippen LogP contribution in [0.1, 0.15) is 11.5 Å². The van der Waals surface area contributed by atoms with Crippen molar-refractivity contribution in [2.24, 2.45) is 0 Å². The number of hydrogen-bond acceptors (Lipinski definition) is 2. The largest absolute Gasteiger partial charge is 0.384 e. The van der Waals surface area contributed by atoms with E-state index in [2.05, 4.69) is 36.2 Å². The molecule has 0 spiro atoms. The Morgan fingerprint density at radius 1 is 1.46 bits per heavy atom. The SMILES string of the molecule is COC[C@@H]1CN(C)c2ccccc21. The van der Waals surface area contributed by atoms with Gasteiger partial charge in [-0.1, -0.05) is 18.2 Å². The summed E-state index contributed by atoms with van der Waals surface area (Å²) >= 11 is 0. The summed E-state index contributed by atoms with van der Waals surface area (Å²) in [4.78, 5) is 2.29. The van der Waals surface area contributed by atoms with Crippen LogP contribution in [0.2, 0.25) is 0 Å². The van der Waals surface area contributed by atoms with Crippen LogP contribution in [0, 0.1) is 0 Å². The second-order valence-electron chi connectivity index (χ2n) is 3.59. The highest BCUT2D eigenvalue weighted by molar-refractivity contribution is 5.59. The molecule has 2 rings (SSSR count). The Hall–Kier alpha value is -1.02. The Morgan fingerprint density at radius 2 is 2.23 bits per heavy atom. The molecule has 1 aromatic carbocycles. The number of nitrogens with zero attached hydrogens (tertiary/aromatic N) is 1. The van der Waals surface area contributed by atoms with Crippen LogP contribution in [0.5, 0.6) is 0 Å². The van der Waals surface area contributed by atoms with Crippen molar-refractivity contribution in [3.8, 4) is 0 Å². The smallest absolute Gasteiger partial charge is 0.0548 e. The van der Waals surface area contributed by atoms with Crippen molar-refractivity contribution in [2.75, 3.05) is 32.2 Å². The number of hydrogen-bond donors (Lipinski definition) is 0. The van der Waals surface area contributed by atoms with Crippen LogP contribution in [0.3, 0.4) is 0 Å². The van der Waals surface area contributed by atoms with E-state index in [0.29, 0.717) is 5.92 Å². The van der Waals surface area contributed by atoms with Gasteiger partial charge in [0, 0.05) is 32.3 Å². The number of ether oxygens (including phenoxy) is 1. The average molecular weight is 177 g/mol. The summed E-state index contributed by atoms with van der Waals surface area (Å²) in [6.45, 7) is 1.90. The molecule has 1 atom stereocenters. The quantitative estimate of drug-likeness (QED) is 0.683. The Morgan fingerprint density at radius 3 is 3.00 bits per heavy atom. The van der Waals surface area contributed by atoms with Gasteiger partial charge in [0.2, 0.25) is 0 Å². The Labute approximate surface area is 79.1 Å². The standard InChI is InChI=1S/C11H15NO/c1-12-7-9(8-13-2)10-5-3-4-6-11(10)12/h3-6,9H,7-8H2,1-2H3/t9-/m0/s1. The summed E-state index contributed by atoms with van der Waals surface area (Å²) in [7, 11) is 3.90. The van der Waals surface area contributed by atoms with Crippen LogP contribution in [0.4, 0.5) is 5.69 Å². The van der Waals surface area contributed by atoms with Crippen LogP contribution in [0.25, 0.3) is 0 Å². The number of rotatable bonds is 2. The number of methoxy groups -OCH3 is 1. The Bertz CT molecular complexity index is 298. The summed E-state index contributed by atoms with van der Waals surface area (Å²) in [6.07, 6.45) is 0. The summed E-state index contributed by atoms with van der Waals surface area (Å²) in [5.41, 5.74) is 2.77. The fraction of sp³-hybridized carbons (Fsp3) is 0.455. The summed E-state index contributed by atoms with van der Waals surface area (Å²) in [5, 5.41) is 0. The average Bonchev–Trinajstić information content (AvgIpc) is 2.46. The van der Waals surface area contributed by atoms with Crippen LogP contribution in [0.15, 0.2) is 24.3 Å². The van der Waals surface area contributed by atoms with E-state index in [0.717, 1.165) is 13.2 Å². The van der Waals surface area contributed by atoms with Gasteiger partial charge in [-0.05, 0) is 11.6 Å². The van der Waals surface area contributed by atoms with Crippen molar-refractivity contribution in [1.82, 2.24) is 0 Å². The lowest BCUT2D eigenvalue weighted by molar-refractivity contribution is 0.183. The van der Waals surface area contributed by atoms with Gasteiger partial charge in [-0.15, -0.1) is 0 Å². The van der Waals surface area contributed by atoms with E-state index >= 15 is 0 Å². The van der Waals surface area contributed by atoms with Gasteiger partial charge in [-0.3, -0.25) is 0 Å². The fourth-order valence-electron chi connectivity index (χ4n) is 2.05. The van der Waals surface area contributed by atoms with E-state index in [1.54, 1.807) is 7.11 Å². The first-order chi connectivity index (χ1) is 6.33. The fourth-order valence-corrected chi connectivity index (χ4v) is 2.05. The van der Waals surface area contributed by atoms with Gasteiger partial charge in [0.1, 0.15) is 0 Å². The molecule has 0 fully saturated rings. The van der Waals surface area contributed by atoms with Crippen molar-refractivity contribution in [3.05, 3.63) is 29.8 Å². The van der Waals surface area contributed by atoms with E-state index < -0.39 is 0 Å². The van der Waals surface area contributed by atoms with Crippen molar-refractivity contribution in [3.63, 3.8) is 0 Å². The maximum Gasteiger partial charge on any atom is 0.0548 e. The first-order valence-corrected chi connectivity index (χ1v) is 4.62. The van der Waals surface area contributed by atoms with E-state index in [-0.39, 0.29) is 0 Å². The van der Waals surface area contributed by atoms with Gasteiger partial charge in [-0.25, -0.2) is 0 Å². The number of benzene rings is 1. The lowest BCUT2D eigenvalue weighted by Crippen LogP contribution is -2.17. The van der Waals surface area contributed by atoms with Gasteiger partial charge in [-0.2, -0.15) is 0 Å². The van der Waals surface area contributed by atoms with Crippen molar-refractivity contribution in [2.45, 2.75) is 5.92 Å². The molecule has 0 aliphatic carbocycles. The third-order valence-electron chi connectivity index (χ3n) is 2.65. The van der Waals surface area contributed by atoms with E-state index in [4.69, 9.17) is 4.74 Å². The summed E-state index contributed by atoms with van der Waals surface area (Å²) in [6, 6.07) is 8.55. The first kappa shape index (κ1) is 8.57. The molecular formula is C11H15NO. The van der Waals surface area contributed by atoms with Gasteiger partial charge in [0.15, 0.2) is 0 Å². The molecule has 1 aliphatic rings. The monoisotopic (exact) mass is 177 g/mol. The van der Waals surface area contributed by atoms with Crippen LogP contribution in [-0.4, -0.2) is 27.3 Å². The molecule has 0 radical (unpaired) electrons. The maximum absolute atomic E-state index is 5.20. The van der Waals surface area contributed by atoms with Crippen LogP contribution in [-0.2, 0) is 4.74 Å². The first-order valence-electron chi connectivity index (χ1n) is 4.62. The topological polar surface area (TPSA) is 12.5 Å². The summed E-state index contributed by atoms with van der Waals surface area (Å²) < 4.78 is 5.20. The van der Waals surface area contributed by atoms with Crippen LogP contribution < -0.4 is 4.90 Å². The van der Waals surface area contributed by atoms with Gasteiger partial charge >= 0.3 is 0 Å². The van der Waals surface area contributed by atoms with E-state index in [1.165, 1.54) is 11.3 Å². The number of anilines is 1.